The highest BCUT2D eigenvalue weighted by Gasteiger charge is 2.32. The lowest BCUT2D eigenvalue weighted by molar-refractivity contribution is 0.0599. The predicted molar refractivity (Wildman–Crippen MR) is 71.8 cm³/mol. The molecule has 19 heavy (non-hydrogen) atoms. The van der Waals surface area contributed by atoms with Crippen molar-refractivity contribution in [1.82, 2.24) is 4.90 Å². The Hall–Kier alpha value is -1.33. The van der Waals surface area contributed by atoms with E-state index in [9.17, 15) is 4.79 Å². The van der Waals surface area contributed by atoms with Crippen molar-refractivity contribution in [3.8, 4) is 0 Å². The second-order valence-electron chi connectivity index (χ2n) is 5.65. The van der Waals surface area contributed by atoms with Crippen molar-refractivity contribution in [3.05, 3.63) is 23.2 Å². The smallest absolute Gasteiger partial charge is 0.341 e. The number of aryl methyl sites for hydroxylation is 1. The molecule has 2 heterocycles. The molecule has 1 saturated heterocycles. The summed E-state index contributed by atoms with van der Waals surface area (Å²) in [7, 11) is 1.38. The van der Waals surface area contributed by atoms with E-state index in [0.29, 0.717) is 24.4 Å². The van der Waals surface area contributed by atoms with Gasteiger partial charge in [-0.05, 0) is 37.9 Å². The molecular weight excluding hydrogens is 244 g/mol. The molecule has 2 rings (SSSR count). The van der Waals surface area contributed by atoms with Gasteiger partial charge < -0.3 is 14.9 Å². The lowest BCUT2D eigenvalue weighted by Crippen LogP contribution is -2.31. The number of hydrogen-bond donors (Lipinski definition) is 1. The van der Waals surface area contributed by atoms with Gasteiger partial charge in [0.2, 0.25) is 0 Å². The van der Waals surface area contributed by atoms with Crippen molar-refractivity contribution >= 4 is 5.97 Å². The number of nitrogens with zero attached hydrogens (tertiary/aromatic N) is 1. The maximum Gasteiger partial charge on any atom is 0.341 e. The van der Waals surface area contributed by atoms with Crippen LogP contribution in [0.4, 0.5) is 0 Å². The van der Waals surface area contributed by atoms with E-state index in [2.05, 4.69) is 11.8 Å². The number of rotatable bonds is 4. The first-order chi connectivity index (χ1) is 8.97. The lowest BCUT2D eigenvalue weighted by atomic mass is 9.90. The van der Waals surface area contributed by atoms with Crippen LogP contribution in [0.3, 0.4) is 0 Å². The van der Waals surface area contributed by atoms with Crippen LogP contribution in [0.1, 0.15) is 35.2 Å². The molecule has 0 aromatic carbocycles. The van der Waals surface area contributed by atoms with Gasteiger partial charge >= 0.3 is 5.97 Å². The third-order valence-corrected chi connectivity index (χ3v) is 3.88. The molecule has 0 spiro atoms. The van der Waals surface area contributed by atoms with Gasteiger partial charge in [-0.3, -0.25) is 4.90 Å². The minimum absolute atomic E-state index is 0.201. The van der Waals surface area contributed by atoms with E-state index in [-0.39, 0.29) is 11.4 Å². The number of likely N-dealkylation sites (tertiary alicyclic amines) is 1. The highest BCUT2D eigenvalue weighted by molar-refractivity contribution is 5.90. The van der Waals surface area contributed by atoms with Gasteiger partial charge in [0, 0.05) is 6.54 Å². The molecule has 2 N–H and O–H groups in total. The molecule has 1 atom stereocenters. The zero-order valence-corrected chi connectivity index (χ0v) is 11.9. The van der Waals surface area contributed by atoms with Crippen LogP contribution in [-0.2, 0) is 11.3 Å². The summed E-state index contributed by atoms with van der Waals surface area (Å²) < 4.78 is 10.3. The standard InChI is InChI=1S/C14H22N2O3/c1-10-12(13(17)18-3)6-11(19-10)7-16-5-4-14(2,8-15)9-16/h6H,4-5,7-9,15H2,1-3H3. The maximum atomic E-state index is 11.5. The second kappa shape index (κ2) is 5.35. The number of nitrogens with two attached hydrogens (primary N) is 1. The van der Waals surface area contributed by atoms with E-state index in [0.717, 1.165) is 25.3 Å². The molecule has 5 nitrogen and oxygen atoms in total. The fourth-order valence-electron chi connectivity index (χ4n) is 2.58. The molecule has 1 unspecified atom stereocenters. The van der Waals surface area contributed by atoms with Gasteiger partial charge in [0.25, 0.3) is 0 Å². The van der Waals surface area contributed by atoms with E-state index in [1.54, 1.807) is 13.0 Å². The Kier molecular flexibility index (Phi) is 3.96. The molecule has 1 aromatic rings. The molecule has 0 saturated carbocycles. The quantitative estimate of drug-likeness (QED) is 0.837. The zero-order valence-electron chi connectivity index (χ0n) is 11.9. The van der Waals surface area contributed by atoms with Crippen LogP contribution in [0.5, 0.6) is 0 Å². The fraction of sp³-hybridized carbons (Fsp3) is 0.643. The van der Waals surface area contributed by atoms with E-state index in [1.807, 2.05) is 0 Å². The van der Waals surface area contributed by atoms with E-state index < -0.39 is 0 Å². The van der Waals surface area contributed by atoms with Crippen molar-refractivity contribution in [1.29, 1.82) is 0 Å². The first-order valence-corrected chi connectivity index (χ1v) is 6.57. The molecule has 0 amide bonds. The van der Waals surface area contributed by atoms with Crippen molar-refractivity contribution in [2.24, 2.45) is 11.1 Å². The Morgan fingerprint density at radius 2 is 2.37 bits per heavy atom. The van der Waals surface area contributed by atoms with Crippen LogP contribution in [0.25, 0.3) is 0 Å². The Balaban J connectivity index is 2.03. The molecule has 1 aliphatic rings. The second-order valence-corrected chi connectivity index (χ2v) is 5.65. The predicted octanol–water partition coefficient (Wildman–Crippen LogP) is 1.55. The molecule has 1 aliphatic heterocycles. The number of esters is 1. The molecule has 0 bridgehead atoms. The Morgan fingerprint density at radius 1 is 1.63 bits per heavy atom. The van der Waals surface area contributed by atoms with Gasteiger partial charge in [-0.2, -0.15) is 0 Å². The van der Waals surface area contributed by atoms with Crippen LogP contribution in [0.2, 0.25) is 0 Å². The molecule has 106 valence electrons. The molecule has 0 aliphatic carbocycles. The SMILES string of the molecule is COC(=O)c1cc(CN2CCC(C)(CN)C2)oc1C. The van der Waals surface area contributed by atoms with Gasteiger partial charge in [0.1, 0.15) is 17.1 Å². The monoisotopic (exact) mass is 266 g/mol. The average Bonchev–Trinajstić information content (AvgIpc) is 2.93. The molecule has 1 aromatic heterocycles. The fourth-order valence-corrected chi connectivity index (χ4v) is 2.58. The van der Waals surface area contributed by atoms with Crippen LogP contribution in [0, 0.1) is 12.3 Å². The third-order valence-electron chi connectivity index (χ3n) is 3.88. The summed E-state index contributed by atoms with van der Waals surface area (Å²) in [5, 5.41) is 0. The van der Waals surface area contributed by atoms with Crippen molar-refractivity contribution < 1.29 is 13.9 Å². The topological polar surface area (TPSA) is 68.7 Å². The Labute approximate surface area is 113 Å². The molecule has 1 fully saturated rings. The first-order valence-electron chi connectivity index (χ1n) is 6.57. The van der Waals surface area contributed by atoms with Crippen LogP contribution in [0.15, 0.2) is 10.5 Å². The van der Waals surface area contributed by atoms with Crippen molar-refractivity contribution in [2.45, 2.75) is 26.8 Å². The number of methoxy groups -OCH3 is 1. The average molecular weight is 266 g/mol. The summed E-state index contributed by atoms with van der Waals surface area (Å²) in [6.45, 7) is 7.39. The van der Waals surface area contributed by atoms with Crippen LogP contribution in [-0.4, -0.2) is 37.6 Å². The van der Waals surface area contributed by atoms with Gasteiger partial charge in [-0.15, -0.1) is 0 Å². The third kappa shape index (κ3) is 2.98. The summed E-state index contributed by atoms with van der Waals surface area (Å²) in [4.78, 5) is 13.8. The summed E-state index contributed by atoms with van der Waals surface area (Å²) in [6.07, 6.45) is 1.10. The molecular formula is C14H22N2O3. The lowest BCUT2D eigenvalue weighted by Gasteiger charge is -2.21. The number of carbonyl (C=O) groups excluding carboxylic acids is 1. The van der Waals surface area contributed by atoms with Crippen molar-refractivity contribution in [2.75, 3.05) is 26.7 Å². The highest BCUT2D eigenvalue weighted by atomic mass is 16.5. The maximum absolute atomic E-state index is 11.5. The van der Waals surface area contributed by atoms with E-state index >= 15 is 0 Å². The highest BCUT2D eigenvalue weighted by Crippen LogP contribution is 2.30. The normalized spacial score (nSPS) is 23.8. The minimum atomic E-state index is -0.347. The first kappa shape index (κ1) is 14.1. The van der Waals surface area contributed by atoms with E-state index in [4.69, 9.17) is 14.9 Å². The van der Waals surface area contributed by atoms with E-state index in [1.165, 1.54) is 7.11 Å². The molecule has 0 radical (unpaired) electrons. The molecule has 5 heteroatoms. The number of carbonyl (C=O) groups is 1. The van der Waals surface area contributed by atoms with Gasteiger partial charge in [0.05, 0.1) is 13.7 Å². The number of furan rings is 1. The van der Waals surface area contributed by atoms with Gasteiger partial charge in [-0.25, -0.2) is 4.79 Å². The Morgan fingerprint density at radius 3 is 2.95 bits per heavy atom. The van der Waals surface area contributed by atoms with Crippen LogP contribution < -0.4 is 5.73 Å². The zero-order chi connectivity index (χ0) is 14.0. The largest absolute Gasteiger partial charge is 0.465 e. The minimum Gasteiger partial charge on any atom is -0.465 e. The summed E-state index contributed by atoms with van der Waals surface area (Å²) in [5.41, 5.74) is 6.51. The van der Waals surface area contributed by atoms with Gasteiger partial charge in [0.15, 0.2) is 0 Å². The number of hydrogen-bond acceptors (Lipinski definition) is 5. The van der Waals surface area contributed by atoms with Gasteiger partial charge in [-0.1, -0.05) is 6.92 Å². The Bertz CT molecular complexity index is 469. The van der Waals surface area contributed by atoms with Crippen LogP contribution >= 0.6 is 0 Å². The summed E-state index contributed by atoms with van der Waals surface area (Å²) in [6, 6.07) is 1.78. The number of ether oxygens (including phenoxy) is 1. The summed E-state index contributed by atoms with van der Waals surface area (Å²) >= 11 is 0. The van der Waals surface area contributed by atoms with Crippen molar-refractivity contribution in [3.63, 3.8) is 0 Å². The summed E-state index contributed by atoms with van der Waals surface area (Å²) in [5.74, 6) is 1.07.